The summed E-state index contributed by atoms with van der Waals surface area (Å²) in [5, 5.41) is 10.5. The van der Waals surface area contributed by atoms with E-state index in [2.05, 4.69) is 6.92 Å². The number of carboxylic acids is 1. The smallest absolute Gasteiger partial charge is 0.328 e. The van der Waals surface area contributed by atoms with Crippen LogP contribution in [0.15, 0.2) is 17.5 Å². The van der Waals surface area contributed by atoms with E-state index in [9.17, 15) is 9.59 Å². The number of carbonyl (C=O) groups is 2. The summed E-state index contributed by atoms with van der Waals surface area (Å²) in [4.78, 5) is 25.6. The molecule has 4 nitrogen and oxygen atoms in total. The molecule has 1 amide bonds. The van der Waals surface area contributed by atoms with Crippen LogP contribution in [-0.4, -0.2) is 34.5 Å². The molecule has 1 atom stereocenters. The van der Waals surface area contributed by atoms with E-state index in [0.29, 0.717) is 16.5 Å². The molecule has 5 heteroatoms. The van der Waals surface area contributed by atoms with E-state index in [1.807, 2.05) is 10.3 Å². The number of thiophene rings is 1. The lowest BCUT2D eigenvalue weighted by Crippen LogP contribution is -2.34. The molecule has 1 fully saturated rings. The summed E-state index contributed by atoms with van der Waals surface area (Å²) in [5.41, 5.74) is 0.694. The summed E-state index contributed by atoms with van der Waals surface area (Å²) in [5.74, 6) is -0.971. The van der Waals surface area contributed by atoms with Crippen molar-refractivity contribution >= 4 is 29.3 Å². The minimum Gasteiger partial charge on any atom is -0.478 e. The van der Waals surface area contributed by atoms with Crippen molar-refractivity contribution < 1.29 is 14.7 Å². The Morgan fingerprint density at radius 2 is 2.37 bits per heavy atom. The van der Waals surface area contributed by atoms with Crippen molar-refractivity contribution in [2.24, 2.45) is 0 Å². The van der Waals surface area contributed by atoms with Crippen molar-refractivity contribution in [1.29, 1.82) is 0 Å². The second-order valence-electron chi connectivity index (χ2n) is 4.58. The van der Waals surface area contributed by atoms with E-state index in [1.165, 1.54) is 17.4 Å². The number of likely N-dealkylation sites (tertiary alicyclic amines) is 1. The maximum absolute atomic E-state index is 12.5. The third-order valence-electron chi connectivity index (χ3n) is 3.40. The van der Waals surface area contributed by atoms with Crippen LogP contribution in [0.25, 0.3) is 6.08 Å². The first kappa shape index (κ1) is 13.8. The van der Waals surface area contributed by atoms with E-state index in [4.69, 9.17) is 5.11 Å². The van der Waals surface area contributed by atoms with Crippen molar-refractivity contribution in [1.82, 2.24) is 4.90 Å². The quantitative estimate of drug-likeness (QED) is 0.862. The summed E-state index contributed by atoms with van der Waals surface area (Å²) >= 11 is 1.37. The van der Waals surface area contributed by atoms with Gasteiger partial charge in [-0.05, 0) is 42.3 Å². The van der Waals surface area contributed by atoms with E-state index in [-0.39, 0.29) is 5.91 Å². The summed E-state index contributed by atoms with van der Waals surface area (Å²) in [6, 6.07) is 2.11. The van der Waals surface area contributed by atoms with Crippen LogP contribution in [0, 0.1) is 0 Å². The van der Waals surface area contributed by atoms with Gasteiger partial charge >= 0.3 is 5.97 Å². The van der Waals surface area contributed by atoms with Gasteiger partial charge in [0.05, 0.1) is 4.88 Å². The molecule has 0 spiro atoms. The third kappa shape index (κ3) is 3.04. The Morgan fingerprint density at radius 3 is 3.05 bits per heavy atom. The van der Waals surface area contributed by atoms with Crippen molar-refractivity contribution in [2.75, 3.05) is 6.54 Å². The van der Waals surface area contributed by atoms with Gasteiger partial charge in [0.15, 0.2) is 0 Å². The molecule has 0 saturated carbocycles. The molecule has 1 aliphatic rings. The molecule has 1 aliphatic heterocycles. The van der Waals surface area contributed by atoms with Crippen molar-refractivity contribution in [2.45, 2.75) is 32.2 Å². The van der Waals surface area contributed by atoms with Gasteiger partial charge in [0.1, 0.15) is 0 Å². The fraction of sp³-hybridized carbons (Fsp3) is 0.429. The number of amides is 1. The lowest BCUT2D eigenvalue weighted by Gasteiger charge is -2.23. The average molecular weight is 279 g/mol. The van der Waals surface area contributed by atoms with Gasteiger partial charge in [0.25, 0.3) is 5.91 Å². The van der Waals surface area contributed by atoms with Gasteiger partial charge in [0, 0.05) is 18.7 Å². The summed E-state index contributed by atoms with van der Waals surface area (Å²) in [6.07, 6.45) is 5.64. The number of rotatable bonds is 4. The predicted octanol–water partition coefficient (Wildman–Crippen LogP) is 2.86. The van der Waals surface area contributed by atoms with Crippen LogP contribution in [0.1, 0.15) is 41.4 Å². The van der Waals surface area contributed by atoms with Gasteiger partial charge in [-0.15, -0.1) is 11.3 Å². The highest BCUT2D eigenvalue weighted by atomic mass is 32.1. The number of carboxylic acid groups (broad SMARTS) is 1. The molecule has 1 aromatic rings. The number of hydrogen-bond donors (Lipinski definition) is 1. The Bertz CT molecular complexity index is 507. The minimum absolute atomic E-state index is 0.0318. The normalized spacial score (nSPS) is 19.2. The maximum Gasteiger partial charge on any atom is 0.328 e. The van der Waals surface area contributed by atoms with Crippen LogP contribution in [0.3, 0.4) is 0 Å². The Balaban J connectivity index is 2.20. The van der Waals surface area contributed by atoms with Gasteiger partial charge in [0.2, 0.25) is 0 Å². The van der Waals surface area contributed by atoms with Gasteiger partial charge < -0.3 is 10.0 Å². The highest BCUT2D eigenvalue weighted by Crippen LogP contribution is 2.26. The van der Waals surface area contributed by atoms with Crippen LogP contribution in [0.5, 0.6) is 0 Å². The molecular formula is C14H17NO3S. The van der Waals surface area contributed by atoms with Crippen LogP contribution in [-0.2, 0) is 4.79 Å². The molecule has 1 N–H and O–H groups in total. The van der Waals surface area contributed by atoms with Gasteiger partial charge in [-0.25, -0.2) is 4.79 Å². The molecule has 1 aromatic heterocycles. The summed E-state index contributed by atoms with van der Waals surface area (Å²) in [7, 11) is 0. The van der Waals surface area contributed by atoms with E-state index in [0.717, 1.165) is 31.9 Å². The number of carbonyl (C=O) groups excluding carboxylic acids is 1. The van der Waals surface area contributed by atoms with Crippen LogP contribution < -0.4 is 0 Å². The zero-order valence-corrected chi connectivity index (χ0v) is 11.7. The third-order valence-corrected chi connectivity index (χ3v) is 4.32. The molecule has 0 radical (unpaired) electrons. The van der Waals surface area contributed by atoms with Crippen molar-refractivity contribution in [3.05, 3.63) is 28.0 Å². The van der Waals surface area contributed by atoms with Gasteiger partial charge in [-0.2, -0.15) is 0 Å². The molecule has 0 aromatic carbocycles. The van der Waals surface area contributed by atoms with E-state index in [1.54, 1.807) is 6.07 Å². The molecule has 1 unspecified atom stereocenters. The first-order chi connectivity index (χ1) is 9.13. The molecular weight excluding hydrogens is 262 g/mol. The highest BCUT2D eigenvalue weighted by molar-refractivity contribution is 7.12. The predicted molar refractivity (Wildman–Crippen MR) is 75.3 cm³/mol. The first-order valence-corrected chi connectivity index (χ1v) is 7.31. The molecule has 102 valence electrons. The van der Waals surface area contributed by atoms with Crippen molar-refractivity contribution in [3.63, 3.8) is 0 Å². The lowest BCUT2D eigenvalue weighted by atomic mass is 10.1. The SMILES string of the molecule is CCC1CCCN1C(=O)c1sccc1C=CC(=O)O. The Labute approximate surface area is 116 Å². The standard InChI is InChI=1S/C14H17NO3S/c1-2-11-4-3-8-15(11)14(18)13-10(7-9-19-13)5-6-12(16)17/h5-7,9,11H,2-4,8H2,1H3,(H,16,17). The second-order valence-corrected chi connectivity index (χ2v) is 5.50. The lowest BCUT2D eigenvalue weighted by molar-refractivity contribution is -0.131. The number of nitrogens with zero attached hydrogens (tertiary/aromatic N) is 1. The first-order valence-electron chi connectivity index (χ1n) is 6.43. The summed E-state index contributed by atoms with van der Waals surface area (Å²) < 4.78 is 0. The fourth-order valence-electron chi connectivity index (χ4n) is 2.44. The maximum atomic E-state index is 12.5. The highest BCUT2D eigenvalue weighted by Gasteiger charge is 2.29. The fourth-order valence-corrected chi connectivity index (χ4v) is 3.28. The molecule has 1 saturated heterocycles. The summed E-state index contributed by atoms with van der Waals surface area (Å²) in [6.45, 7) is 2.90. The van der Waals surface area contributed by atoms with E-state index >= 15 is 0 Å². The van der Waals surface area contributed by atoms with Crippen molar-refractivity contribution in [3.8, 4) is 0 Å². The Hall–Kier alpha value is -1.62. The van der Waals surface area contributed by atoms with Crippen LogP contribution in [0.2, 0.25) is 0 Å². The van der Waals surface area contributed by atoms with Crippen LogP contribution >= 0.6 is 11.3 Å². The number of hydrogen-bond acceptors (Lipinski definition) is 3. The second kappa shape index (κ2) is 6.02. The molecule has 0 bridgehead atoms. The monoisotopic (exact) mass is 279 g/mol. The Morgan fingerprint density at radius 1 is 1.58 bits per heavy atom. The average Bonchev–Trinajstić information content (AvgIpc) is 3.03. The number of aliphatic carboxylic acids is 1. The van der Waals surface area contributed by atoms with E-state index < -0.39 is 5.97 Å². The molecule has 2 rings (SSSR count). The zero-order valence-electron chi connectivity index (χ0n) is 10.8. The largest absolute Gasteiger partial charge is 0.478 e. The topological polar surface area (TPSA) is 57.6 Å². The molecule has 19 heavy (non-hydrogen) atoms. The molecule has 0 aliphatic carbocycles. The minimum atomic E-state index is -1.00. The Kier molecular flexibility index (Phi) is 4.37. The zero-order chi connectivity index (χ0) is 13.8. The van der Waals surface area contributed by atoms with Crippen LogP contribution in [0.4, 0.5) is 0 Å². The van der Waals surface area contributed by atoms with Gasteiger partial charge in [-0.3, -0.25) is 4.79 Å². The van der Waals surface area contributed by atoms with Gasteiger partial charge in [-0.1, -0.05) is 6.92 Å². The molecule has 2 heterocycles.